The van der Waals surface area contributed by atoms with Gasteiger partial charge < -0.3 is 10.1 Å². The van der Waals surface area contributed by atoms with E-state index in [1.165, 1.54) is 11.3 Å². The molecule has 4 heteroatoms. The topological polar surface area (TPSA) is 21.3 Å². The Bertz CT molecular complexity index is 262. The summed E-state index contributed by atoms with van der Waals surface area (Å²) in [5, 5.41) is 4.30. The van der Waals surface area contributed by atoms with E-state index >= 15 is 0 Å². The first-order valence-electron chi connectivity index (χ1n) is 4.30. The van der Waals surface area contributed by atoms with Gasteiger partial charge in [-0.3, -0.25) is 0 Å². The fraction of sp³-hybridized carbons (Fsp3) is 0.556. The zero-order chi connectivity index (χ0) is 9.68. The molecule has 0 bridgehead atoms. The van der Waals surface area contributed by atoms with Gasteiger partial charge in [0.2, 0.25) is 0 Å². The summed E-state index contributed by atoms with van der Waals surface area (Å²) in [4.78, 5) is 1.30. The molecule has 0 aromatic carbocycles. The number of nitrogens with one attached hydrogen (secondary N) is 1. The molecule has 0 unspecified atom stereocenters. The predicted octanol–water partition coefficient (Wildman–Crippen LogP) is 3.02. The molecule has 74 valence electrons. The van der Waals surface area contributed by atoms with E-state index in [2.05, 4.69) is 34.2 Å². The molecule has 0 aliphatic heterocycles. The van der Waals surface area contributed by atoms with Gasteiger partial charge in [-0.1, -0.05) is 6.92 Å². The molecular weight excluding hydrogens is 250 g/mol. The lowest BCUT2D eigenvalue weighted by Gasteiger charge is -1.98. The maximum Gasteiger partial charge on any atom is 0.188 e. The van der Waals surface area contributed by atoms with Crippen molar-refractivity contribution in [3.05, 3.63) is 15.4 Å². The standard InChI is InChI=1S/C9H14BrNOS/c1-3-4-11-6-7-5-8(10)9(12-2)13-7/h5,11H,3-4,6H2,1-2H3. The molecule has 1 heterocycles. The van der Waals surface area contributed by atoms with Crippen molar-refractivity contribution in [2.24, 2.45) is 0 Å². The third kappa shape index (κ3) is 3.29. The van der Waals surface area contributed by atoms with Crippen LogP contribution in [0.4, 0.5) is 0 Å². The van der Waals surface area contributed by atoms with E-state index in [1.54, 1.807) is 18.4 Å². The van der Waals surface area contributed by atoms with Gasteiger partial charge in [-0.25, -0.2) is 0 Å². The highest BCUT2D eigenvalue weighted by molar-refractivity contribution is 9.10. The summed E-state index contributed by atoms with van der Waals surface area (Å²) in [5.41, 5.74) is 0. The van der Waals surface area contributed by atoms with Crippen molar-refractivity contribution in [1.82, 2.24) is 5.32 Å². The van der Waals surface area contributed by atoms with E-state index in [1.807, 2.05) is 0 Å². The Morgan fingerprint density at radius 3 is 2.92 bits per heavy atom. The van der Waals surface area contributed by atoms with E-state index in [9.17, 15) is 0 Å². The van der Waals surface area contributed by atoms with E-state index in [-0.39, 0.29) is 0 Å². The third-order valence-electron chi connectivity index (χ3n) is 1.62. The van der Waals surface area contributed by atoms with Gasteiger partial charge in [-0.15, -0.1) is 11.3 Å². The van der Waals surface area contributed by atoms with Crippen LogP contribution in [-0.2, 0) is 6.54 Å². The monoisotopic (exact) mass is 263 g/mol. The SMILES string of the molecule is CCCNCc1cc(Br)c(OC)s1. The van der Waals surface area contributed by atoms with Crippen LogP contribution in [0.15, 0.2) is 10.5 Å². The molecule has 0 saturated carbocycles. The largest absolute Gasteiger partial charge is 0.486 e. The smallest absolute Gasteiger partial charge is 0.188 e. The number of hydrogen-bond acceptors (Lipinski definition) is 3. The number of ether oxygens (including phenoxy) is 1. The molecule has 0 aliphatic rings. The molecular formula is C9H14BrNOS. The number of halogens is 1. The van der Waals surface area contributed by atoms with Crippen molar-refractivity contribution in [3.8, 4) is 5.06 Å². The highest BCUT2D eigenvalue weighted by Gasteiger charge is 2.05. The highest BCUT2D eigenvalue weighted by Crippen LogP contribution is 2.34. The molecule has 0 atom stereocenters. The van der Waals surface area contributed by atoms with Crippen LogP contribution in [0.5, 0.6) is 5.06 Å². The van der Waals surface area contributed by atoms with E-state index in [4.69, 9.17) is 4.74 Å². The van der Waals surface area contributed by atoms with Crippen molar-refractivity contribution in [3.63, 3.8) is 0 Å². The Balaban J connectivity index is 2.48. The number of thiophene rings is 1. The molecule has 13 heavy (non-hydrogen) atoms. The van der Waals surface area contributed by atoms with Crippen molar-refractivity contribution in [1.29, 1.82) is 0 Å². The Hall–Kier alpha value is -0.0600. The molecule has 0 radical (unpaired) electrons. The molecule has 0 fully saturated rings. The minimum atomic E-state index is 0.931. The zero-order valence-corrected chi connectivity index (χ0v) is 10.3. The van der Waals surface area contributed by atoms with E-state index < -0.39 is 0 Å². The molecule has 1 aromatic heterocycles. The van der Waals surface area contributed by atoms with Crippen LogP contribution in [0, 0.1) is 0 Å². The molecule has 0 aliphatic carbocycles. The first kappa shape index (κ1) is 11.0. The van der Waals surface area contributed by atoms with E-state index in [0.29, 0.717) is 0 Å². The van der Waals surface area contributed by atoms with Crippen LogP contribution in [-0.4, -0.2) is 13.7 Å². The molecule has 1 aromatic rings. The zero-order valence-electron chi connectivity index (χ0n) is 7.89. The van der Waals surface area contributed by atoms with Gasteiger partial charge in [0.15, 0.2) is 5.06 Å². The van der Waals surface area contributed by atoms with Crippen molar-refractivity contribution < 1.29 is 4.74 Å². The Kier molecular flexibility index (Phi) is 4.77. The average Bonchev–Trinajstić information content (AvgIpc) is 2.47. The van der Waals surface area contributed by atoms with Crippen LogP contribution in [0.1, 0.15) is 18.2 Å². The minimum Gasteiger partial charge on any atom is -0.486 e. The second-order valence-corrected chi connectivity index (χ2v) is 4.68. The van der Waals surface area contributed by atoms with Gasteiger partial charge in [-0.2, -0.15) is 0 Å². The number of rotatable bonds is 5. The lowest BCUT2D eigenvalue weighted by molar-refractivity contribution is 0.425. The van der Waals surface area contributed by atoms with E-state index in [0.717, 1.165) is 22.6 Å². The summed E-state index contributed by atoms with van der Waals surface area (Å²) in [6.07, 6.45) is 1.17. The van der Waals surface area contributed by atoms with Gasteiger partial charge >= 0.3 is 0 Å². The Labute approximate surface area is 91.4 Å². The normalized spacial score (nSPS) is 10.4. The summed E-state index contributed by atoms with van der Waals surface area (Å²) < 4.78 is 6.23. The molecule has 0 amide bonds. The number of methoxy groups -OCH3 is 1. The summed E-state index contributed by atoms with van der Waals surface area (Å²) in [7, 11) is 1.69. The molecule has 0 saturated heterocycles. The second kappa shape index (κ2) is 5.62. The molecule has 2 nitrogen and oxygen atoms in total. The Morgan fingerprint density at radius 1 is 1.62 bits per heavy atom. The van der Waals surface area contributed by atoms with Crippen LogP contribution in [0.25, 0.3) is 0 Å². The predicted molar refractivity (Wildman–Crippen MR) is 60.6 cm³/mol. The first-order chi connectivity index (χ1) is 6.27. The maximum atomic E-state index is 5.18. The van der Waals surface area contributed by atoms with Crippen molar-refractivity contribution >= 4 is 27.3 Å². The lowest BCUT2D eigenvalue weighted by atomic mass is 10.4. The maximum absolute atomic E-state index is 5.18. The van der Waals surface area contributed by atoms with Gasteiger partial charge in [0.25, 0.3) is 0 Å². The fourth-order valence-corrected chi connectivity index (χ4v) is 2.67. The summed E-state index contributed by atoms with van der Waals surface area (Å²) in [5.74, 6) is 0. The minimum absolute atomic E-state index is 0.931. The Morgan fingerprint density at radius 2 is 2.38 bits per heavy atom. The fourth-order valence-electron chi connectivity index (χ4n) is 1.01. The first-order valence-corrected chi connectivity index (χ1v) is 5.91. The van der Waals surface area contributed by atoms with Crippen molar-refractivity contribution in [2.45, 2.75) is 19.9 Å². The van der Waals surface area contributed by atoms with Crippen LogP contribution >= 0.6 is 27.3 Å². The highest BCUT2D eigenvalue weighted by atomic mass is 79.9. The summed E-state index contributed by atoms with van der Waals surface area (Å²) in [6.45, 7) is 4.16. The summed E-state index contributed by atoms with van der Waals surface area (Å²) >= 11 is 5.12. The third-order valence-corrected chi connectivity index (χ3v) is 3.57. The number of hydrogen-bond donors (Lipinski definition) is 1. The van der Waals surface area contributed by atoms with Crippen molar-refractivity contribution in [2.75, 3.05) is 13.7 Å². The van der Waals surface area contributed by atoms with Gasteiger partial charge in [0.1, 0.15) is 0 Å². The van der Waals surface area contributed by atoms with Gasteiger partial charge in [0.05, 0.1) is 11.6 Å². The summed E-state index contributed by atoms with van der Waals surface area (Å²) in [6, 6.07) is 2.10. The second-order valence-electron chi connectivity index (χ2n) is 2.73. The van der Waals surface area contributed by atoms with Crippen LogP contribution in [0.2, 0.25) is 0 Å². The van der Waals surface area contributed by atoms with Gasteiger partial charge in [0, 0.05) is 11.4 Å². The van der Waals surface area contributed by atoms with Crippen LogP contribution < -0.4 is 10.1 Å². The quantitative estimate of drug-likeness (QED) is 0.825. The van der Waals surface area contributed by atoms with Crippen LogP contribution in [0.3, 0.4) is 0 Å². The lowest BCUT2D eigenvalue weighted by Crippen LogP contribution is -2.12. The van der Waals surface area contributed by atoms with Gasteiger partial charge in [-0.05, 0) is 35.0 Å². The molecule has 1 N–H and O–H groups in total. The molecule has 0 spiro atoms. The average molecular weight is 264 g/mol. The molecule has 1 rings (SSSR count).